The molecule has 1 saturated carbocycles. The van der Waals surface area contributed by atoms with Crippen molar-refractivity contribution in [1.82, 2.24) is 0 Å². The summed E-state index contributed by atoms with van der Waals surface area (Å²) < 4.78 is 5.48. The lowest BCUT2D eigenvalue weighted by molar-refractivity contribution is 0.344. The molecule has 2 aliphatic rings. The van der Waals surface area contributed by atoms with Crippen LogP contribution in [0.3, 0.4) is 0 Å². The van der Waals surface area contributed by atoms with Crippen LogP contribution < -0.4 is 10.1 Å². The summed E-state index contributed by atoms with van der Waals surface area (Å²) in [6, 6.07) is 4.22. The van der Waals surface area contributed by atoms with Crippen LogP contribution in [-0.4, -0.2) is 20.0 Å². The predicted octanol–water partition coefficient (Wildman–Crippen LogP) is 2.94. The van der Waals surface area contributed by atoms with E-state index in [1.165, 1.54) is 24.8 Å². The molecule has 0 atom stereocenters. The number of nitrogens with one attached hydrogen (secondary N) is 1. The molecule has 0 saturated heterocycles. The van der Waals surface area contributed by atoms with Gasteiger partial charge in [0.2, 0.25) is 0 Å². The predicted molar refractivity (Wildman–Crippen MR) is 78.1 cm³/mol. The van der Waals surface area contributed by atoms with Crippen molar-refractivity contribution in [3.05, 3.63) is 23.3 Å². The number of aliphatic imine (C=N–C) groups is 1. The molecule has 1 fully saturated rings. The van der Waals surface area contributed by atoms with Crippen molar-refractivity contribution in [2.24, 2.45) is 4.99 Å². The van der Waals surface area contributed by atoms with E-state index in [1.807, 2.05) is 14.0 Å². The van der Waals surface area contributed by atoms with Crippen molar-refractivity contribution in [3.63, 3.8) is 0 Å². The molecule has 1 aliphatic heterocycles. The van der Waals surface area contributed by atoms with Gasteiger partial charge in [-0.15, -0.1) is 5.92 Å². The van der Waals surface area contributed by atoms with Gasteiger partial charge in [-0.05, 0) is 37.5 Å². The van der Waals surface area contributed by atoms with Crippen LogP contribution in [0.5, 0.6) is 5.75 Å². The molecule has 19 heavy (non-hydrogen) atoms. The van der Waals surface area contributed by atoms with Crippen LogP contribution >= 0.6 is 0 Å². The summed E-state index contributed by atoms with van der Waals surface area (Å²) in [6.07, 6.45) is 3.60. The van der Waals surface area contributed by atoms with Crippen LogP contribution in [0, 0.1) is 11.8 Å². The third-order valence-electron chi connectivity index (χ3n) is 4.25. The zero-order valence-electron chi connectivity index (χ0n) is 11.6. The monoisotopic (exact) mass is 254 g/mol. The highest BCUT2D eigenvalue weighted by Gasteiger charge is 2.49. The fourth-order valence-electron chi connectivity index (χ4n) is 3.16. The van der Waals surface area contributed by atoms with Crippen LogP contribution in [0.4, 0.5) is 5.69 Å². The maximum absolute atomic E-state index is 5.48. The third-order valence-corrected chi connectivity index (χ3v) is 4.25. The number of amidine groups is 1. The topological polar surface area (TPSA) is 33.6 Å². The minimum Gasteiger partial charge on any atom is -0.495 e. The van der Waals surface area contributed by atoms with Crippen LogP contribution in [-0.2, 0) is 5.41 Å². The molecule has 98 valence electrons. The highest BCUT2D eigenvalue weighted by atomic mass is 16.5. The van der Waals surface area contributed by atoms with E-state index >= 15 is 0 Å². The first kappa shape index (κ1) is 12.1. The molecule has 1 spiro atoms. The summed E-state index contributed by atoms with van der Waals surface area (Å²) in [6.45, 7) is 1.84. The van der Waals surface area contributed by atoms with E-state index < -0.39 is 0 Å². The van der Waals surface area contributed by atoms with Gasteiger partial charge in [-0.2, -0.15) is 0 Å². The van der Waals surface area contributed by atoms with Crippen LogP contribution in [0.25, 0.3) is 0 Å². The maximum Gasteiger partial charge on any atom is 0.134 e. The number of ether oxygens (including phenoxy) is 1. The van der Waals surface area contributed by atoms with Crippen molar-refractivity contribution in [2.45, 2.75) is 31.6 Å². The second-order valence-electron chi connectivity index (χ2n) is 5.11. The smallest absolute Gasteiger partial charge is 0.134 e. The molecule has 0 radical (unpaired) electrons. The van der Waals surface area contributed by atoms with Gasteiger partial charge in [0.1, 0.15) is 11.6 Å². The summed E-state index contributed by atoms with van der Waals surface area (Å²) in [5.41, 5.74) is 3.50. The minimum absolute atomic E-state index is 0.107. The highest BCUT2D eigenvalue weighted by Crippen LogP contribution is 2.52. The average molecular weight is 254 g/mol. The highest BCUT2D eigenvalue weighted by molar-refractivity contribution is 6.10. The van der Waals surface area contributed by atoms with Gasteiger partial charge in [-0.1, -0.05) is 12.3 Å². The van der Waals surface area contributed by atoms with Crippen molar-refractivity contribution in [3.8, 4) is 17.6 Å². The zero-order valence-corrected chi connectivity index (χ0v) is 11.6. The van der Waals surface area contributed by atoms with Gasteiger partial charge in [0.25, 0.3) is 0 Å². The van der Waals surface area contributed by atoms with E-state index in [0.29, 0.717) is 0 Å². The van der Waals surface area contributed by atoms with E-state index in [1.54, 1.807) is 7.11 Å². The maximum atomic E-state index is 5.48. The Hall–Kier alpha value is -1.95. The lowest BCUT2D eigenvalue weighted by atomic mass is 9.65. The molecule has 3 heteroatoms. The SMILES string of the molecule is CC#Cc1cc2c(cc1OC)C1(CCC1)C(=NC)N2. The number of benzene rings is 1. The summed E-state index contributed by atoms with van der Waals surface area (Å²) in [5, 5.41) is 3.45. The Bertz CT molecular complexity index is 616. The van der Waals surface area contributed by atoms with E-state index in [0.717, 1.165) is 22.8 Å². The molecule has 3 rings (SSSR count). The van der Waals surface area contributed by atoms with Gasteiger partial charge >= 0.3 is 0 Å². The Morgan fingerprint density at radius 2 is 2.16 bits per heavy atom. The molecule has 1 aliphatic carbocycles. The molecular weight excluding hydrogens is 236 g/mol. The number of fused-ring (bicyclic) bond motifs is 2. The Balaban J connectivity index is 2.17. The Kier molecular flexibility index (Phi) is 2.74. The largest absolute Gasteiger partial charge is 0.495 e. The molecule has 1 aromatic rings. The number of methoxy groups -OCH3 is 1. The summed E-state index contributed by atoms with van der Waals surface area (Å²) in [5.74, 6) is 7.99. The quantitative estimate of drug-likeness (QED) is 0.782. The van der Waals surface area contributed by atoms with Gasteiger partial charge < -0.3 is 10.1 Å². The zero-order chi connectivity index (χ0) is 13.5. The molecule has 0 aromatic heterocycles. The fourth-order valence-corrected chi connectivity index (χ4v) is 3.16. The number of rotatable bonds is 1. The molecule has 3 nitrogen and oxygen atoms in total. The van der Waals surface area contributed by atoms with Crippen LogP contribution in [0.15, 0.2) is 17.1 Å². The van der Waals surface area contributed by atoms with Gasteiger partial charge in [-0.25, -0.2) is 0 Å². The Morgan fingerprint density at radius 1 is 1.37 bits per heavy atom. The average Bonchev–Trinajstić information content (AvgIpc) is 2.71. The van der Waals surface area contributed by atoms with Crippen LogP contribution in [0.2, 0.25) is 0 Å². The van der Waals surface area contributed by atoms with Gasteiger partial charge in [-0.3, -0.25) is 4.99 Å². The lowest BCUT2D eigenvalue weighted by Crippen LogP contribution is -2.41. The fraction of sp³-hybridized carbons (Fsp3) is 0.438. The van der Waals surface area contributed by atoms with E-state index in [2.05, 4.69) is 34.3 Å². The van der Waals surface area contributed by atoms with Crippen molar-refractivity contribution >= 4 is 11.5 Å². The molecular formula is C16H18N2O. The summed E-state index contributed by atoms with van der Waals surface area (Å²) in [4.78, 5) is 4.44. The summed E-state index contributed by atoms with van der Waals surface area (Å²) >= 11 is 0. The molecule has 1 aromatic carbocycles. The van der Waals surface area contributed by atoms with Crippen molar-refractivity contribution < 1.29 is 4.74 Å². The Labute approximate surface area is 114 Å². The first-order valence-electron chi connectivity index (χ1n) is 6.65. The number of hydrogen-bond acceptors (Lipinski definition) is 2. The van der Waals surface area contributed by atoms with Gasteiger partial charge in [0.05, 0.1) is 18.1 Å². The number of anilines is 1. The number of nitrogens with zero attached hydrogens (tertiary/aromatic N) is 1. The van der Waals surface area contributed by atoms with Crippen molar-refractivity contribution in [1.29, 1.82) is 0 Å². The van der Waals surface area contributed by atoms with E-state index in [-0.39, 0.29) is 5.41 Å². The molecule has 0 bridgehead atoms. The summed E-state index contributed by atoms with van der Waals surface area (Å²) in [7, 11) is 3.56. The molecule has 0 amide bonds. The third kappa shape index (κ3) is 1.56. The normalized spacial score (nSPS) is 20.3. The second-order valence-corrected chi connectivity index (χ2v) is 5.11. The van der Waals surface area contributed by atoms with Gasteiger partial charge in [0.15, 0.2) is 0 Å². The Morgan fingerprint density at radius 3 is 2.68 bits per heavy atom. The molecule has 0 unspecified atom stereocenters. The number of hydrogen-bond donors (Lipinski definition) is 1. The van der Waals surface area contributed by atoms with Crippen molar-refractivity contribution in [2.75, 3.05) is 19.5 Å². The van der Waals surface area contributed by atoms with Gasteiger partial charge in [0, 0.05) is 12.7 Å². The first-order chi connectivity index (χ1) is 9.25. The van der Waals surface area contributed by atoms with E-state index in [9.17, 15) is 0 Å². The first-order valence-corrected chi connectivity index (χ1v) is 6.65. The molecule has 1 N–H and O–H groups in total. The second kappa shape index (κ2) is 4.31. The van der Waals surface area contributed by atoms with Crippen LogP contribution in [0.1, 0.15) is 37.3 Å². The minimum atomic E-state index is 0.107. The lowest BCUT2D eigenvalue weighted by Gasteiger charge is -2.38. The van der Waals surface area contributed by atoms with E-state index in [4.69, 9.17) is 4.74 Å². The molecule has 1 heterocycles. The standard InChI is InChI=1S/C16H18N2O/c1-4-6-11-9-13-12(10-14(11)19-3)16(7-5-8-16)15(17-2)18-13/h9-10H,5,7-8H2,1-3H3,(H,17,18).